The number of amides is 1. The van der Waals surface area contributed by atoms with Gasteiger partial charge >= 0.3 is 0 Å². The summed E-state index contributed by atoms with van der Waals surface area (Å²) in [5, 5.41) is 3.22. The minimum absolute atomic E-state index is 0.137. The van der Waals surface area contributed by atoms with Gasteiger partial charge in [-0.3, -0.25) is 4.79 Å². The van der Waals surface area contributed by atoms with E-state index in [-0.39, 0.29) is 18.1 Å². The molecule has 20 heavy (non-hydrogen) atoms. The molecular weight excluding hydrogens is 256 g/mol. The number of likely N-dealkylation sites (tertiary alicyclic amines) is 1. The second kappa shape index (κ2) is 5.93. The van der Waals surface area contributed by atoms with Gasteiger partial charge in [-0.25, -0.2) is 4.98 Å². The summed E-state index contributed by atoms with van der Waals surface area (Å²) in [5.74, 6) is 1.14. The van der Waals surface area contributed by atoms with Crippen molar-refractivity contribution in [3.8, 4) is 0 Å². The number of nitrogens with one attached hydrogen (secondary N) is 1. The number of morpholine rings is 1. The molecule has 0 saturated carbocycles. The standard InChI is InChI=1S/C14H22N4O2/c1-11-16-4-7-17(11)10-12-3-2-6-18(12)14(19)13-9-15-5-8-20-13/h4,7,12-13,15H,2-3,5-6,8-10H2,1H3. The normalized spacial score (nSPS) is 26.9. The summed E-state index contributed by atoms with van der Waals surface area (Å²) >= 11 is 0. The van der Waals surface area contributed by atoms with Crippen molar-refractivity contribution < 1.29 is 9.53 Å². The van der Waals surface area contributed by atoms with Gasteiger partial charge in [-0.15, -0.1) is 0 Å². The van der Waals surface area contributed by atoms with E-state index in [1.807, 2.05) is 24.2 Å². The number of ether oxygens (including phenoxy) is 1. The number of nitrogens with zero attached hydrogens (tertiary/aromatic N) is 3. The Morgan fingerprint density at radius 1 is 1.60 bits per heavy atom. The van der Waals surface area contributed by atoms with Crippen molar-refractivity contribution in [3.05, 3.63) is 18.2 Å². The predicted octanol–water partition coefficient (Wildman–Crippen LogP) is 0.171. The number of hydrogen-bond acceptors (Lipinski definition) is 4. The summed E-state index contributed by atoms with van der Waals surface area (Å²) in [6.45, 7) is 5.76. The molecule has 2 saturated heterocycles. The molecule has 6 nitrogen and oxygen atoms in total. The highest BCUT2D eigenvalue weighted by Crippen LogP contribution is 2.21. The Bertz CT molecular complexity index is 467. The fraction of sp³-hybridized carbons (Fsp3) is 0.714. The Morgan fingerprint density at radius 3 is 3.20 bits per heavy atom. The molecule has 0 aliphatic carbocycles. The van der Waals surface area contributed by atoms with Crippen LogP contribution in [0.25, 0.3) is 0 Å². The number of carbonyl (C=O) groups is 1. The van der Waals surface area contributed by atoms with E-state index in [1.165, 1.54) is 0 Å². The third-order valence-corrected chi connectivity index (χ3v) is 4.19. The molecule has 6 heteroatoms. The molecule has 1 N–H and O–H groups in total. The maximum absolute atomic E-state index is 12.6. The van der Waals surface area contributed by atoms with Gasteiger partial charge in [0.05, 0.1) is 6.61 Å². The van der Waals surface area contributed by atoms with E-state index in [0.717, 1.165) is 38.3 Å². The molecule has 2 atom stereocenters. The monoisotopic (exact) mass is 278 g/mol. The zero-order valence-corrected chi connectivity index (χ0v) is 11.9. The Kier molecular flexibility index (Phi) is 4.03. The van der Waals surface area contributed by atoms with Gasteiger partial charge in [0.25, 0.3) is 5.91 Å². The van der Waals surface area contributed by atoms with Crippen LogP contribution in [0, 0.1) is 6.92 Å². The Hall–Kier alpha value is -1.40. The Labute approximate surface area is 119 Å². The van der Waals surface area contributed by atoms with Gasteiger partial charge in [-0.2, -0.15) is 0 Å². The van der Waals surface area contributed by atoms with Gasteiger partial charge in [0.15, 0.2) is 0 Å². The quantitative estimate of drug-likeness (QED) is 0.856. The highest BCUT2D eigenvalue weighted by Gasteiger charge is 2.34. The molecule has 110 valence electrons. The number of aryl methyl sites for hydroxylation is 1. The van der Waals surface area contributed by atoms with Crippen molar-refractivity contribution in [1.82, 2.24) is 19.8 Å². The largest absolute Gasteiger partial charge is 0.366 e. The molecule has 2 aliphatic rings. The molecule has 2 aliphatic heterocycles. The molecule has 1 amide bonds. The first-order valence-corrected chi connectivity index (χ1v) is 7.36. The number of rotatable bonds is 3. The summed E-state index contributed by atoms with van der Waals surface area (Å²) in [6.07, 6.45) is 5.61. The van der Waals surface area contributed by atoms with Crippen LogP contribution in [0.5, 0.6) is 0 Å². The van der Waals surface area contributed by atoms with Crippen LogP contribution in [0.1, 0.15) is 18.7 Å². The van der Waals surface area contributed by atoms with E-state index in [4.69, 9.17) is 4.74 Å². The van der Waals surface area contributed by atoms with Crippen LogP contribution in [0.4, 0.5) is 0 Å². The number of imidazole rings is 1. The molecule has 0 radical (unpaired) electrons. The highest BCUT2D eigenvalue weighted by molar-refractivity contribution is 5.81. The maximum Gasteiger partial charge on any atom is 0.253 e. The highest BCUT2D eigenvalue weighted by atomic mass is 16.5. The van der Waals surface area contributed by atoms with Crippen molar-refractivity contribution in [2.75, 3.05) is 26.2 Å². The van der Waals surface area contributed by atoms with Gasteiger partial charge in [0.2, 0.25) is 0 Å². The van der Waals surface area contributed by atoms with Gasteiger partial charge in [-0.1, -0.05) is 0 Å². The lowest BCUT2D eigenvalue weighted by atomic mass is 10.2. The molecule has 0 aromatic carbocycles. The first-order valence-electron chi connectivity index (χ1n) is 7.36. The molecule has 3 rings (SSSR count). The molecule has 2 fully saturated rings. The van der Waals surface area contributed by atoms with Crippen LogP contribution in [0.3, 0.4) is 0 Å². The molecule has 3 heterocycles. The lowest BCUT2D eigenvalue weighted by Gasteiger charge is -2.31. The Balaban J connectivity index is 1.65. The van der Waals surface area contributed by atoms with Crippen LogP contribution in [0.15, 0.2) is 12.4 Å². The zero-order valence-electron chi connectivity index (χ0n) is 11.9. The van der Waals surface area contributed by atoms with Crippen LogP contribution < -0.4 is 5.32 Å². The molecule has 1 aromatic rings. The summed E-state index contributed by atoms with van der Waals surface area (Å²) in [5.41, 5.74) is 0. The first-order chi connectivity index (χ1) is 9.75. The SMILES string of the molecule is Cc1nccn1CC1CCCN1C(=O)C1CNCCO1. The van der Waals surface area contributed by atoms with Crippen LogP contribution in [-0.4, -0.2) is 58.7 Å². The minimum Gasteiger partial charge on any atom is -0.366 e. The third kappa shape index (κ3) is 2.71. The first kappa shape index (κ1) is 13.6. The van der Waals surface area contributed by atoms with E-state index in [1.54, 1.807) is 0 Å². The van der Waals surface area contributed by atoms with Crippen LogP contribution in [-0.2, 0) is 16.1 Å². The van der Waals surface area contributed by atoms with Crippen LogP contribution >= 0.6 is 0 Å². The smallest absolute Gasteiger partial charge is 0.253 e. The van der Waals surface area contributed by atoms with Crippen molar-refractivity contribution in [3.63, 3.8) is 0 Å². The lowest BCUT2D eigenvalue weighted by molar-refractivity contribution is -0.146. The minimum atomic E-state index is -0.312. The molecule has 2 unspecified atom stereocenters. The average Bonchev–Trinajstić information content (AvgIpc) is 3.09. The fourth-order valence-corrected chi connectivity index (χ4v) is 3.05. The lowest BCUT2D eigenvalue weighted by Crippen LogP contribution is -2.51. The number of aromatic nitrogens is 2. The van der Waals surface area contributed by atoms with Gasteiger partial charge in [-0.05, 0) is 19.8 Å². The van der Waals surface area contributed by atoms with E-state index >= 15 is 0 Å². The molecular formula is C14H22N4O2. The molecule has 0 bridgehead atoms. The van der Waals surface area contributed by atoms with Crippen LogP contribution in [0.2, 0.25) is 0 Å². The summed E-state index contributed by atoms with van der Waals surface area (Å²) in [6, 6.07) is 0.265. The summed E-state index contributed by atoms with van der Waals surface area (Å²) in [7, 11) is 0. The van der Waals surface area contributed by atoms with Crippen molar-refractivity contribution in [2.24, 2.45) is 0 Å². The topological polar surface area (TPSA) is 59.4 Å². The second-order valence-corrected chi connectivity index (χ2v) is 5.52. The number of hydrogen-bond donors (Lipinski definition) is 1. The Morgan fingerprint density at radius 2 is 2.50 bits per heavy atom. The third-order valence-electron chi connectivity index (χ3n) is 4.19. The van der Waals surface area contributed by atoms with Gasteiger partial charge in [0.1, 0.15) is 11.9 Å². The molecule has 1 aromatic heterocycles. The van der Waals surface area contributed by atoms with Gasteiger partial charge < -0.3 is 19.5 Å². The second-order valence-electron chi connectivity index (χ2n) is 5.52. The van der Waals surface area contributed by atoms with E-state index < -0.39 is 0 Å². The number of carbonyl (C=O) groups excluding carboxylic acids is 1. The fourth-order valence-electron chi connectivity index (χ4n) is 3.05. The predicted molar refractivity (Wildman–Crippen MR) is 74.3 cm³/mol. The van der Waals surface area contributed by atoms with Crippen molar-refractivity contribution in [1.29, 1.82) is 0 Å². The average molecular weight is 278 g/mol. The van der Waals surface area contributed by atoms with Gasteiger partial charge in [0, 0.05) is 44.6 Å². The maximum atomic E-state index is 12.6. The van der Waals surface area contributed by atoms with Crippen molar-refractivity contribution in [2.45, 2.75) is 38.5 Å². The zero-order chi connectivity index (χ0) is 13.9. The van der Waals surface area contributed by atoms with E-state index in [2.05, 4.69) is 14.9 Å². The van der Waals surface area contributed by atoms with Crippen molar-refractivity contribution >= 4 is 5.91 Å². The summed E-state index contributed by atoms with van der Waals surface area (Å²) in [4.78, 5) is 18.8. The van der Waals surface area contributed by atoms with E-state index in [9.17, 15) is 4.79 Å². The molecule has 0 spiro atoms. The summed E-state index contributed by atoms with van der Waals surface area (Å²) < 4.78 is 7.71. The van der Waals surface area contributed by atoms with E-state index in [0.29, 0.717) is 13.2 Å².